The number of rotatable bonds is 18. The van der Waals surface area contributed by atoms with Gasteiger partial charge >= 0.3 is 17.9 Å². The van der Waals surface area contributed by atoms with Crippen LogP contribution < -0.4 is 0 Å². The molecule has 0 aromatic heterocycles. The lowest BCUT2D eigenvalue weighted by Crippen LogP contribution is -2.66. The average Bonchev–Trinajstić information content (AvgIpc) is 3.27. The van der Waals surface area contributed by atoms with Gasteiger partial charge in [-0.2, -0.15) is 0 Å². The van der Waals surface area contributed by atoms with Crippen LogP contribution in [0.4, 0.5) is 0 Å². The van der Waals surface area contributed by atoms with E-state index in [2.05, 4.69) is 6.58 Å². The summed E-state index contributed by atoms with van der Waals surface area (Å²) in [5, 5.41) is 8.30. The molecule has 6 rings (SSSR count). The molecule has 4 aromatic carbocycles. The van der Waals surface area contributed by atoms with Gasteiger partial charge in [-0.25, -0.2) is 9.59 Å². The smallest absolute Gasteiger partial charge is 0.338 e. The molecule has 14 heteroatoms. The second-order valence-corrected chi connectivity index (χ2v) is 14.4. The van der Waals surface area contributed by atoms with Crippen LogP contribution in [0.2, 0.25) is 0 Å². The monoisotopic (exact) mass is 837 g/mol. The van der Waals surface area contributed by atoms with E-state index in [1.807, 2.05) is 60.7 Å². The van der Waals surface area contributed by atoms with Gasteiger partial charge < -0.3 is 47.4 Å². The SMILES string of the molecule is C=CCO[C@@H]1[C@@H](OC(=O)c2ccccc2)[C@@H](OC(C)=O)[C@H](O[C@@H]2[C@H](OCc3ccccc3)[C@@H](OCc3ccccc3)[C@H](OC(C)=N)O[C@@H]2COC(=O)c2ccccc2)O[C@H]1C. The number of carbonyl (C=O) groups is 3. The molecule has 2 heterocycles. The van der Waals surface area contributed by atoms with Gasteiger partial charge in [-0.3, -0.25) is 10.2 Å². The van der Waals surface area contributed by atoms with Crippen molar-refractivity contribution in [2.45, 2.75) is 95.4 Å². The Morgan fingerprint density at radius 2 is 1.15 bits per heavy atom. The van der Waals surface area contributed by atoms with E-state index < -0.39 is 79.3 Å². The van der Waals surface area contributed by atoms with Gasteiger partial charge in [0.05, 0.1) is 37.1 Å². The number of benzene rings is 4. The van der Waals surface area contributed by atoms with Crippen molar-refractivity contribution >= 4 is 23.8 Å². The predicted molar refractivity (Wildman–Crippen MR) is 220 cm³/mol. The molecule has 14 nitrogen and oxygen atoms in total. The number of carbonyl (C=O) groups excluding carboxylic acids is 3. The van der Waals surface area contributed by atoms with Gasteiger partial charge in [0.15, 0.2) is 24.4 Å². The average molecular weight is 838 g/mol. The number of hydrogen-bond acceptors (Lipinski definition) is 14. The van der Waals surface area contributed by atoms with Crippen molar-refractivity contribution in [3.63, 3.8) is 0 Å². The van der Waals surface area contributed by atoms with E-state index in [9.17, 15) is 14.4 Å². The van der Waals surface area contributed by atoms with Crippen LogP contribution in [-0.2, 0) is 65.4 Å². The van der Waals surface area contributed by atoms with Crippen molar-refractivity contribution < 1.29 is 61.8 Å². The quantitative estimate of drug-likeness (QED) is 0.0374. The molecule has 2 aliphatic heterocycles. The number of ether oxygens (including phenoxy) is 10. The molecule has 0 bridgehead atoms. The molecule has 0 radical (unpaired) electrons. The van der Waals surface area contributed by atoms with Crippen molar-refractivity contribution in [3.05, 3.63) is 156 Å². The van der Waals surface area contributed by atoms with Crippen molar-refractivity contribution in [1.82, 2.24) is 0 Å². The fourth-order valence-corrected chi connectivity index (χ4v) is 7.02. The molecule has 0 saturated carbocycles. The topological polar surface area (TPSA) is 167 Å². The Labute approximate surface area is 355 Å². The van der Waals surface area contributed by atoms with Crippen molar-refractivity contribution in [1.29, 1.82) is 5.41 Å². The third-order valence-corrected chi connectivity index (χ3v) is 9.82. The van der Waals surface area contributed by atoms with Gasteiger partial charge in [0.2, 0.25) is 6.29 Å². The standard InChI is InChI=1S/C47H51NO13/c1-5-26-52-38-30(2)56-47(43(58-32(4)49)41(38)60-45(51)36-24-16-9-17-25-36)61-39-37(29-55-44(50)35-22-14-8-15-23-35)59-46(57-31(3)48)42(54-28-34-20-12-7-13-21-34)40(39)53-27-33-18-10-6-11-19-33/h5-25,30,37-43,46-48H,1,26-29H2,2-4H3/t30-,37+,38-,39-,40-,41+,42+,43+,46+,47-/m0/s1. The fraction of sp³-hybridized carbons (Fsp3) is 0.362. The maximum atomic E-state index is 13.7. The summed E-state index contributed by atoms with van der Waals surface area (Å²) in [4.78, 5) is 39.9. The molecule has 2 saturated heterocycles. The predicted octanol–water partition coefficient (Wildman–Crippen LogP) is 6.61. The molecule has 322 valence electrons. The van der Waals surface area contributed by atoms with E-state index in [4.69, 9.17) is 52.8 Å². The molecule has 0 unspecified atom stereocenters. The number of nitrogens with one attached hydrogen (secondary N) is 1. The number of esters is 3. The lowest BCUT2D eigenvalue weighted by molar-refractivity contribution is -0.360. The highest BCUT2D eigenvalue weighted by atomic mass is 16.8. The first-order chi connectivity index (χ1) is 29.6. The van der Waals surface area contributed by atoms with Gasteiger partial charge in [-0.1, -0.05) is 103 Å². The van der Waals surface area contributed by atoms with Crippen LogP contribution in [0.1, 0.15) is 52.6 Å². The lowest BCUT2D eigenvalue weighted by atomic mass is 9.96. The highest BCUT2D eigenvalue weighted by Crippen LogP contribution is 2.36. The highest BCUT2D eigenvalue weighted by Gasteiger charge is 2.55. The first-order valence-electron chi connectivity index (χ1n) is 20.0. The fourth-order valence-electron chi connectivity index (χ4n) is 7.02. The minimum absolute atomic E-state index is 0.0606. The van der Waals surface area contributed by atoms with Gasteiger partial charge in [0.1, 0.15) is 37.1 Å². The zero-order valence-corrected chi connectivity index (χ0v) is 34.2. The zero-order valence-electron chi connectivity index (χ0n) is 34.2. The Balaban J connectivity index is 1.41. The molecule has 2 aliphatic rings. The summed E-state index contributed by atoms with van der Waals surface area (Å²) in [6.07, 6.45) is -10.1. The first kappa shape index (κ1) is 44.8. The van der Waals surface area contributed by atoms with Gasteiger partial charge in [-0.05, 0) is 42.3 Å². The summed E-state index contributed by atoms with van der Waals surface area (Å²) in [6, 6.07) is 35.6. The molecule has 2 fully saturated rings. The molecule has 10 atom stereocenters. The minimum atomic E-state index is -1.45. The third kappa shape index (κ3) is 12.4. The number of hydrogen-bond donors (Lipinski definition) is 1. The molecule has 0 spiro atoms. The van der Waals surface area contributed by atoms with Crippen LogP contribution in [0, 0.1) is 5.41 Å². The van der Waals surface area contributed by atoms with Gasteiger partial charge in [0.25, 0.3) is 0 Å². The van der Waals surface area contributed by atoms with E-state index in [0.717, 1.165) is 11.1 Å². The van der Waals surface area contributed by atoms with Crippen LogP contribution in [0.15, 0.2) is 134 Å². The van der Waals surface area contributed by atoms with Crippen LogP contribution in [0.3, 0.4) is 0 Å². The highest BCUT2D eigenvalue weighted by molar-refractivity contribution is 5.90. The summed E-state index contributed by atoms with van der Waals surface area (Å²) in [6.45, 7) is 7.95. The molecule has 0 aliphatic carbocycles. The van der Waals surface area contributed by atoms with Crippen LogP contribution in [0.25, 0.3) is 0 Å². The molecular formula is C47H51NO13. The van der Waals surface area contributed by atoms with Gasteiger partial charge in [0, 0.05) is 13.8 Å². The van der Waals surface area contributed by atoms with E-state index in [1.54, 1.807) is 67.6 Å². The van der Waals surface area contributed by atoms with Crippen molar-refractivity contribution in [3.8, 4) is 0 Å². The minimum Gasteiger partial charge on any atom is -0.459 e. The second-order valence-electron chi connectivity index (χ2n) is 14.4. The Hall–Kier alpha value is -5.74. The zero-order chi connectivity index (χ0) is 43.1. The molecular weight excluding hydrogens is 787 g/mol. The maximum absolute atomic E-state index is 13.7. The Morgan fingerprint density at radius 3 is 1.69 bits per heavy atom. The lowest BCUT2D eigenvalue weighted by Gasteiger charge is -2.49. The summed E-state index contributed by atoms with van der Waals surface area (Å²) >= 11 is 0. The summed E-state index contributed by atoms with van der Waals surface area (Å²) in [5.74, 6) is -2.23. The van der Waals surface area contributed by atoms with E-state index in [1.165, 1.54) is 19.9 Å². The molecule has 4 aromatic rings. The van der Waals surface area contributed by atoms with Crippen LogP contribution >= 0.6 is 0 Å². The van der Waals surface area contributed by atoms with E-state index >= 15 is 0 Å². The Morgan fingerprint density at radius 1 is 0.607 bits per heavy atom. The maximum Gasteiger partial charge on any atom is 0.338 e. The van der Waals surface area contributed by atoms with Crippen LogP contribution in [-0.4, -0.2) is 98.4 Å². The Kier molecular flexibility index (Phi) is 16.3. The largest absolute Gasteiger partial charge is 0.459 e. The summed E-state index contributed by atoms with van der Waals surface area (Å²) < 4.78 is 63.0. The first-order valence-corrected chi connectivity index (χ1v) is 20.0. The molecule has 1 N–H and O–H groups in total. The molecule has 61 heavy (non-hydrogen) atoms. The van der Waals surface area contributed by atoms with E-state index in [0.29, 0.717) is 5.56 Å². The van der Waals surface area contributed by atoms with Crippen molar-refractivity contribution in [2.24, 2.45) is 0 Å². The third-order valence-electron chi connectivity index (χ3n) is 9.82. The Bertz CT molecular complexity index is 2020. The van der Waals surface area contributed by atoms with Gasteiger partial charge in [-0.15, -0.1) is 6.58 Å². The normalized spacial score (nSPS) is 26.0. The van der Waals surface area contributed by atoms with E-state index in [-0.39, 0.29) is 37.9 Å². The summed E-state index contributed by atoms with van der Waals surface area (Å²) in [7, 11) is 0. The summed E-state index contributed by atoms with van der Waals surface area (Å²) in [5.41, 5.74) is 2.20. The second kappa shape index (κ2) is 22.2. The van der Waals surface area contributed by atoms with Crippen LogP contribution in [0.5, 0.6) is 0 Å². The molecule has 0 amide bonds. The van der Waals surface area contributed by atoms with Crippen molar-refractivity contribution in [2.75, 3.05) is 13.2 Å².